The van der Waals surface area contributed by atoms with E-state index in [-0.39, 0.29) is 0 Å². The van der Waals surface area contributed by atoms with Crippen LogP contribution in [0.2, 0.25) is 0 Å². The Morgan fingerprint density at radius 3 is 2.56 bits per heavy atom. The molecule has 1 heterocycles. The maximum Gasteiger partial charge on any atom is 0.118 e. The van der Waals surface area contributed by atoms with Crippen molar-refractivity contribution >= 4 is 17.9 Å². The van der Waals surface area contributed by atoms with E-state index in [4.69, 9.17) is 16.3 Å². The molecule has 0 bridgehead atoms. The molecule has 2 rings (SSSR count). The van der Waals surface area contributed by atoms with Crippen LogP contribution in [0.1, 0.15) is 12.5 Å². The third-order valence-corrected chi connectivity index (χ3v) is 2.84. The summed E-state index contributed by atoms with van der Waals surface area (Å²) in [6.07, 6.45) is 3.50. The highest BCUT2D eigenvalue weighted by molar-refractivity contribution is 6.30. The molecule has 1 atom stereocenters. The number of rotatable bonds is 2. The fraction of sp³-hybridized carbons (Fsp3) is 0.250. The number of methoxy groups -OCH3 is 1. The Bertz CT molecular complexity index is 439. The van der Waals surface area contributed by atoms with Crippen molar-refractivity contribution in [3.63, 3.8) is 0 Å². The molecule has 1 unspecified atom stereocenters. The van der Waals surface area contributed by atoms with Crippen molar-refractivity contribution < 1.29 is 4.74 Å². The number of benzene rings is 1. The molecule has 1 aromatic carbocycles. The molecule has 0 aliphatic carbocycles. The minimum absolute atomic E-state index is 0.408. The SMILES string of the molecule is COc1ccc(C2(C)C=C(Cl)NC=N2)cc1. The number of hydrogen-bond acceptors (Lipinski definition) is 3. The van der Waals surface area contributed by atoms with Gasteiger partial charge in [0.15, 0.2) is 0 Å². The lowest BCUT2D eigenvalue weighted by Crippen LogP contribution is -2.25. The van der Waals surface area contributed by atoms with Gasteiger partial charge in [-0.05, 0) is 30.7 Å². The summed E-state index contributed by atoms with van der Waals surface area (Å²) in [6, 6.07) is 7.81. The zero-order chi connectivity index (χ0) is 11.6. The molecule has 0 saturated heterocycles. The summed E-state index contributed by atoms with van der Waals surface area (Å²) in [5.74, 6) is 0.834. The lowest BCUT2D eigenvalue weighted by atomic mass is 9.92. The van der Waals surface area contributed by atoms with Gasteiger partial charge in [-0.15, -0.1) is 0 Å². The lowest BCUT2D eigenvalue weighted by molar-refractivity contribution is 0.414. The zero-order valence-corrected chi connectivity index (χ0v) is 9.95. The maximum atomic E-state index is 5.94. The highest BCUT2D eigenvalue weighted by Crippen LogP contribution is 2.31. The molecular formula is C12H13ClN2O. The van der Waals surface area contributed by atoms with Gasteiger partial charge in [0.25, 0.3) is 0 Å². The molecule has 0 amide bonds. The molecule has 84 valence electrons. The average Bonchev–Trinajstić information content (AvgIpc) is 2.29. The second-order valence-electron chi connectivity index (χ2n) is 3.77. The summed E-state index contributed by atoms with van der Waals surface area (Å²) in [5.41, 5.74) is 0.665. The summed E-state index contributed by atoms with van der Waals surface area (Å²) in [5, 5.41) is 3.43. The van der Waals surface area contributed by atoms with Gasteiger partial charge in [-0.25, -0.2) is 0 Å². The van der Waals surface area contributed by atoms with Crippen LogP contribution in [-0.2, 0) is 5.54 Å². The van der Waals surface area contributed by atoms with Crippen molar-refractivity contribution in [2.24, 2.45) is 4.99 Å². The first-order chi connectivity index (χ1) is 7.64. The third kappa shape index (κ3) is 2.04. The highest BCUT2D eigenvalue weighted by atomic mass is 35.5. The van der Waals surface area contributed by atoms with Crippen molar-refractivity contribution in [1.82, 2.24) is 5.32 Å². The van der Waals surface area contributed by atoms with E-state index in [1.165, 1.54) is 0 Å². The normalized spacial score (nSPS) is 23.6. The van der Waals surface area contributed by atoms with E-state index in [1.807, 2.05) is 37.3 Å². The quantitative estimate of drug-likeness (QED) is 0.801. The van der Waals surface area contributed by atoms with Gasteiger partial charge in [-0.2, -0.15) is 0 Å². The number of halogens is 1. The predicted molar refractivity (Wildman–Crippen MR) is 65.9 cm³/mol. The van der Waals surface area contributed by atoms with E-state index in [0.717, 1.165) is 11.3 Å². The summed E-state index contributed by atoms with van der Waals surface area (Å²) in [6.45, 7) is 2.01. The molecule has 0 radical (unpaired) electrons. The van der Waals surface area contributed by atoms with E-state index < -0.39 is 5.54 Å². The summed E-state index contributed by atoms with van der Waals surface area (Å²) in [4.78, 5) is 4.40. The van der Waals surface area contributed by atoms with Crippen LogP contribution in [0.25, 0.3) is 0 Å². The van der Waals surface area contributed by atoms with Gasteiger partial charge in [0.2, 0.25) is 0 Å². The van der Waals surface area contributed by atoms with E-state index in [9.17, 15) is 0 Å². The standard InChI is InChI=1S/C12H13ClN2O/c1-12(7-11(13)14-8-15-12)9-3-5-10(16-2)6-4-9/h3-8H,1-2H3,(H,14,15). The summed E-state index contributed by atoms with van der Waals surface area (Å²) in [7, 11) is 1.65. The number of nitrogens with zero attached hydrogens (tertiary/aromatic N) is 1. The van der Waals surface area contributed by atoms with Crippen molar-refractivity contribution in [1.29, 1.82) is 0 Å². The molecule has 1 aliphatic heterocycles. The minimum atomic E-state index is -0.408. The van der Waals surface area contributed by atoms with Crippen LogP contribution in [0.15, 0.2) is 40.5 Å². The zero-order valence-electron chi connectivity index (χ0n) is 9.20. The number of hydrogen-bond donors (Lipinski definition) is 1. The van der Waals surface area contributed by atoms with Gasteiger partial charge in [0, 0.05) is 0 Å². The molecule has 4 heteroatoms. The second-order valence-corrected chi connectivity index (χ2v) is 4.18. The van der Waals surface area contributed by atoms with Crippen molar-refractivity contribution in [2.45, 2.75) is 12.5 Å². The van der Waals surface area contributed by atoms with Crippen LogP contribution in [0.3, 0.4) is 0 Å². The van der Waals surface area contributed by atoms with E-state index >= 15 is 0 Å². The Hall–Kier alpha value is -1.48. The van der Waals surface area contributed by atoms with Gasteiger partial charge >= 0.3 is 0 Å². The van der Waals surface area contributed by atoms with Crippen LogP contribution in [0.5, 0.6) is 5.75 Å². The molecule has 0 saturated carbocycles. The van der Waals surface area contributed by atoms with E-state index in [2.05, 4.69) is 10.3 Å². The van der Waals surface area contributed by atoms with Crippen LogP contribution in [0, 0.1) is 0 Å². The Morgan fingerprint density at radius 2 is 2.00 bits per heavy atom. The van der Waals surface area contributed by atoms with Crippen LogP contribution < -0.4 is 10.1 Å². The first-order valence-corrected chi connectivity index (χ1v) is 5.35. The fourth-order valence-electron chi connectivity index (χ4n) is 1.64. The molecule has 1 aromatic rings. The van der Waals surface area contributed by atoms with Crippen LogP contribution >= 0.6 is 11.6 Å². The largest absolute Gasteiger partial charge is 0.497 e. The third-order valence-electron chi connectivity index (χ3n) is 2.62. The predicted octanol–water partition coefficient (Wildman–Crippen LogP) is 2.62. The lowest BCUT2D eigenvalue weighted by Gasteiger charge is -2.25. The highest BCUT2D eigenvalue weighted by Gasteiger charge is 2.25. The minimum Gasteiger partial charge on any atom is -0.497 e. The van der Waals surface area contributed by atoms with Gasteiger partial charge in [-0.3, -0.25) is 4.99 Å². The molecule has 0 aromatic heterocycles. The van der Waals surface area contributed by atoms with E-state index in [0.29, 0.717) is 5.16 Å². The Kier molecular flexibility index (Phi) is 2.88. The van der Waals surface area contributed by atoms with Crippen LogP contribution in [0.4, 0.5) is 0 Å². The van der Waals surface area contributed by atoms with Crippen LogP contribution in [-0.4, -0.2) is 13.4 Å². The number of nitrogens with one attached hydrogen (secondary N) is 1. The first kappa shape index (κ1) is 11.0. The fourth-order valence-corrected chi connectivity index (χ4v) is 1.90. The maximum absolute atomic E-state index is 5.94. The van der Waals surface area contributed by atoms with Crippen molar-refractivity contribution in [2.75, 3.05) is 7.11 Å². The van der Waals surface area contributed by atoms with E-state index in [1.54, 1.807) is 13.4 Å². The Morgan fingerprint density at radius 1 is 1.31 bits per heavy atom. The monoisotopic (exact) mass is 236 g/mol. The molecule has 3 nitrogen and oxygen atoms in total. The Labute approximate surface area is 99.8 Å². The molecular weight excluding hydrogens is 224 g/mol. The summed E-state index contributed by atoms with van der Waals surface area (Å²) >= 11 is 5.94. The second kappa shape index (κ2) is 4.18. The smallest absolute Gasteiger partial charge is 0.118 e. The average molecular weight is 237 g/mol. The number of aliphatic imine (C=N–C) groups is 1. The first-order valence-electron chi connectivity index (χ1n) is 4.97. The Balaban J connectivity index is 2.35. The topological polar surface area (TPSA) is 33.6 Å². The van der Waals surface area contributed by atoms with Crippen molar-refractivity contribution in [3.05, 3.63) is 41.1 Å². The molecule has 16 heavy (non-hydrogen) atoms. The molecule has 0 fully saturated rings. The molecule has 0 spiro atoms. The van der Waals surface area contributed by atoms with Gasteiger partial charge in [0.05, 0.1) is 13.4 Å². The van der Waals surface area contributed by atoms with Gasteiger partial charge < -0.3 is 10.1 Å². The van der Waals surface area contributed by atoms with Crippen molar-refractivity contribution in [3.8, 4) is 5.75 Å². The van der Waals surface area contributed by atoms with Gasteiger partial charge in [-0.1, -0.05) is 23.7 Å². The summed E-state index contributed by atoms with van der Waals surface area (Å²) < 4.78 is 5.12. The molecule has 1 aliphatic rings. The number of ether oxygens (including phenoxy) is 1. The molecule has 1 N–H and O–H groups in total. The van der Waals surface area contributed by atoms with Gasteiger partial charge in [0.1, 0.15) is 16.4 Å².